The lowest BCUT2D eigenvalue weighted by molar-refractivity contribution is 0.414. The molecule has 7 heteroatoms. The molecule has 0 amide bonds. The maximum atomic E-state index is 13.8. The van der Waals surface area contributed by atoms with Gasteiger partial charge in [-0.2, -0.15) is 0 Å². The van der Waals surface area contributed by atoms with Crippen molar-refractivity contribution in [2.24, 2.45) is 0 Å². The van der Waals surface area contributed by atoms with Crippen molar-refractivity contribution in [2.75, 3.05) is 13.7 Å². The van der Waals surface area contributed by atoms with Gasteiger partial charge in [-0.1, -0.05) is 98.4 Å². The number of nitrogens with one attached hydrogen (secondary N) is 2. The maximum Gasteiger partial charge on any atom is 0.241 e. The van der Waals surface area contributed by atoms with Gasteiger partial charge in [-0.05, 0) is 72.5 Å². The number of benzene rings is 4. The minimum atomic E-state index is -3.84. The molecule has 0 aromatic heterocycles. The summed E-state index contributed by atoms with van der Waals surface area (Å²) >= 11 is 0. The van der Waals surface area contributed by atoms with E-state index in [-0.39, 0.29) is 10.9 Å². The minimum absolute atomic E-state index is 0.216. The molecule has 0 saturated carbocycles. The molecule has 42 heavy (non-hydrogen) atoms. The van der Waals surface area contributed by atoms with Crippen LogP contribution in [0.5, 0.6) is 5.75 Å². The van der Waals surface area contributed by atoms with E-state index in [4.69, 9.17) is 4.74 Å². The van der Waals surface area contributed by atoms with Crippen LogP contribution in [-0.4, -0.2) is 30.1 Å². The van der Waals surface area contributed by atoms with E-state index in [0.29, 0.717) is 6.54 Å². The fraction of sp³-hybridized carbons (Fsp3) is 0.257. The van der Waals surface area contributed by atoms with E-state index in [0.717, 1.165) is 35.3 Å². The summed E-state index contributed by atoms with van der Waals surface area (Å²) in [5.41, 5.74) is 7.27. The topological polar surface area (TPSA) is 67.4 Å². The van der Waals surface area contributed by atoms with Gasteiger partial charge in [0.1, 0.15) is 13.8 Å². The predicted molar refractivity (Wildman–Crippen MR) is 175 cm³/mol. The number of hydrogen-bond donors (Lipinski definition) is 2. The van der Waals surface area contributed by atoms with Crippen molar-refractivity contribution < 1.29 is 13.2 Å². The van der Waals surface area contributed by atoms with E-state index < -0.39 is 24.1 Å². The summed E-state index contributed by atoms with van der Waals surface area (Å²) in [6.45, 7) is 7.26. The summed E-state index contributed by atoms with van der Waals surface area (Å²) in [7, 11) is -3.71. The Morgan fingerprint density at radius 3 is 1.88 bits per heavy atom. The molecule has 0 aliphatic heterocycles. The normalized spacial score (nSPS) is 13.0. The molecule has 0 bridgehead atoms. The monoisotopic (exact) mass is 596 g/mol. The SMILES string of the molecule is COc1ccc(CCCN[C@@H](c2ccccc2)[C@H](NS(=O)(=O)c2ccc(C#C[Si](C)(C)C)cc2)c2ccccc2)cc1. The second kappa shape index (κ2) is 14.5. The first-order valence-corrected chi connectivity index (χ1v) is 19.2. The third kappa shape index (κ3) is 9.17. The second-order valence-electron chi connectivity index (χ2n) is 11.3. The number of ether oxygens (including phenoxy) is 1. The molecule has 4 rings (SSSR count). The molecule has 0 spiro atoms. The molecular formula is C35H40N2O3SSi. The van der Waals surface area contributed by atoms with Gasteiger partial charge < -0.3 is 10.1 Å². The fourth-order valence-corrected chi connectivity index (χ4v) is 6.39. The Bertz CT molecular complexity index is 1570. The lowest BCUT2D eigenvalue weighted by Crippen LogP contribution is -2.39. The van der Waals surface area contributed by atoms with Crippen LogP contribution in [0.3, 0.4) is 0 Å². The maximum absolute atomic E-state index is 13.8. The minimum Gasteiger partial charge on any atom is -0.497 e. The summed E-state index contributed by atoms with van der Waals surface area (Å²) in [5, 5.41) is 3.68. The van der Waals surface area contributed by atoms with Crippen molar-refractivity contribution in [3.05, 3.63) is 131 Å². The van der Waals surface area contributed by atoms with Gasteiger partial charge in [-0.25, -0.2) is 13.1 Å². The van der Waals surface area contributed by atoms with E-state index >= 15 is 0 Å². The fourth-order valence-electron chi connectivity index (χ4n) is 4.63. The summed E-state index contributed by atoms with van der Waals surface area (Å²) in [6.07, 6.45) is 1.79. The first kappa shape index (κ1) is 31.3. The predicted octanol–water partition coefficient (Wildman–Crippen LogP) is 6.91. The molecule has 0 aliphatic carbocycles. The van der Waals surface area contributed by atoms with E-state index in [2.05, 4.69) is 53.3 Å². The van der Waals surface area contributed by atoms with Gasteiger partial charge in [-0.15, -0.1) is 5.54 Å². The highest BCUT2D eigenvalue weighted by Gasteiger charge is 2.29. The van der Waals surface area contributed by atoms with Crippen LogP contribution < -0.4 is 14.8 Å². The molecular weight excluding hydrogens is 557 g/mol. The molecule has 0 unspecified atom stereocenters. The van der Waals surface area contributed by atoms with Gasteiger partial charge in [-0.3, -0.25) is 0 Å². The zero-order valence-electron chi connectivity index (χ0n) is 24.8. The molecule has 4 aromatic carbocycles. The van der Waals surface area contributed by atoms with Gasteiger partial charge in [0.2, 0.25) is 10.0 Å². The second-order valence-corrected chi connectivity index (χ2v) is 17.8. The summed E-state index contributed by atoms with van der Waals surface area (Å²) in [5.74, 6) is 4.04. The Morgan fingerprint density at radius 1 is 0.762 bits per heavy atom. The van der Waals surface area contributed by atoms with Crippen molar-refractivity contribution in [1.29, 1.82) is 0 Å². The van der Waals surface area contributed by atoms with Crippen LogP contribution in [0.25, 0.3) is 0 Å². The van der Waals surface area contributed by atoms with Crippen LogP contribution in [0.1, 0.15) is 40.8 Å². The highest BCUT2D eigenvalue weighted by Crippen LogP contribution is 2.31. The third-order valence-corrected chi connectivity index (χ3v) is 9.18. The number of methoxy groups -OCH3 is 1. The lowest BCUT2D eigenvalue weighted by atomic mass is 9.94. The highest BCUT2D eigenvalue weighted by atomic mass is 32.2. The Hall–Kier alpha value is -3.67. The molecule has 4 aromatic rings. The first-order valence-electron chi connectivity index (χ1n) is 14.3. The molecule has 0 aliphatic rings. The van der Waals surface area contributed by atoms with Crippen molar-refractivity contribution in [3.63, 3.8) is 0 Å². The van der Waals surface area contributed by atoms with Gasteiger partial charge in [0.25, 0.3) is 0 Å². The third-order valence-electron chi connectivity index (χ3n) is 6.84. The Morgan fingerprint density at radius 2 is 1.33 bits per heavy atom. The van der Waals surface area contributed by atoms with E-state index in [1.165, 1.54) is 5.56 Å². The Labute approximate surface area is 252 Å². The van der Waals surface area contributed by atoms with Crippen molar-refractivity contribution in [2.45, 2.75) is 49.5 Å². The van der Waals surface area contributed by atoms with E-state index in [1.54, 1.807) is 31.4 Å². The smallest absolute Gasteiger partial charge is 0.241 e. The largest absolute Gasteiger partial charge is 0.497 e. The highest BCUT2D eigenvalue weighted by molar-refractivity contribution is 7.89. The zero-order valence-corrected chi connectivity index (χ0v) is 26.6. The summed E-state index contributed by atoms with van der Waals surface area (Å²) in [6, 6.07) is 33.9. The molecule has 218 valence electrons. The number of aryl methyl sites for hydroxylation is 1. The van der Waals surface area contributed by atoms with E-state index in [9.17, 15) is 8.42 Å². The number of hydrogen-bond acceptors (Lipinski definition) is 4. The number of rotatable bonds is 12. The Kier molecular flexibility index (Phi) is 10.8. The quantitative estimate of drug-likeness (QED) is 0.106. The average Bonchev–Trinajstić information content (AvgIpc) is 3.00. The lowest BCUT2D eigenvalue weighted by Gasteiger charge is -2.30. The first-order chi connectivity index (χ1) is 20.1. The van der Waals surface area contributed by atoms with Crippen LogP contribution in [0, 0.1) is 11.5 Å². The van der Waals surface area contributed by atoms with Crippen LogP contribution >= 0.6 is 0 Å². The summed E-state index contributed by atoms with van der Waals surface area (Å²) in [4.78, 5) is 0.216. The molecule has 0 heterocycles. The van der Waals surface area contributed by atoms with Crippen LogP contribution in [0.4, 0.5) is 0 Å². The van der Waals surface area contributed by atoms with Crippen molar-refractivity contribution >= 4 is 18.1 Å². The van der Waals surface area contributed by atoms with Gasteiger partial charge >= 0.3 is 0 Å². The van der Waals surface area contributed by atoms with Gasteiger partial charge in [0.05, 0.1) is 24.1 Å². The van der Waals surface area contributed by atoms with Crippen molar-refractivity contribution in [3.8, 4) is 17.2 Å². The van der Waals surface area contributed by atoms with E-state index in [1.807, 2.05) is 72.8 Å². The molecule has 0 fully saturated rings. The van der Waals surface area contributed by atoms with Crippen LogP contribution in [0.2, 0.25) is 19.6 Å². The molecule has 2 N–H and O–H groups in total. The van der Waals surface area contributed by atoms with Crippen molar-refractivity contribution in [1.82, 2.24) is 10.0 Å². The summed E-state index contributed by atoms with van der Waals surface area (Å²) < 4.78 is 35.8. The molecule has 2 atom stereocenters. The zero-order chi connectivity index (χ0) is 30.0. The number of sulfonamides is 1. The van der Waals surface area contributed by atoms with Crippen LogP contribution in [0.15, 0.2) is 114 Å². The van der Waals surface area contributed by atoms with Crippen LogP contribution in [-0.2, 0) is 16.4 Å². The van der Waals surface area contributed by atoms with Gasteiger partial charge in [0.15, 0.2) is 0 Å². The standard InChI is InChI=1S/C35H40N2O3SSi/c1-40-32-21-17-28(18-22-32)12-11-26-36-34(30-13-7-5-8-14-30)35(31-15-9-6-10-16-31)37-41(38,39)33-23-19-29(20-24-33)25-27-42(2,3)4/h5-10,13-24,34-37H,11-12,26H2,1-4H3/t34-,35+/m0/s1. The van der Waals surface area contributed by atoms with Gasteiger partial charge in [0, 0.05) is 5.56 Å². The molecule has 0 radical (unpaired) electrons. The Balaban J connectivity index is 1.58. The molecule has 0 saturated heterocycles. The molecule has 5 nitrogen and oxygen atoms in total. The average molecular weight is 597 g/mol.